The number of likely N-dealkylation sites (tertiary alicyclic amines) is 1. The molecule has 0 aromatic heterocycles. The number of rotatable bonds is 4. The van der Waals surface area contributed by atoms with E-state index in [-0.39, 0.29) is 17.6 Å². The van der Waals surface area contributed by atoms with Gasteiger partial charge in [0.15, 0.2) is 0 Å². The standard InChI is InChI=1S/C23H27FN2OS/c24-20-8-6-17(7-9-20)18-3-1-5-21(15-18)25-23(27)19-4-2-12-26(16-19)22-10-13-28-14-11-22/h1,3,5-9,15,19,22H,2,4,10-14,16H2,(H,25,27). The first-order valence-corrected chi connectivity index (χ1v) is 11.3. The molecule has 4 rings (SSSR count). The molecule has 148 valence electrons. The number of carbonyl (C=O) groups is 1. The Labute approximate surface area is 170 Å². The Morgan fingerprint density at radius 3 is 2.61 bits per heavy atom. The van der Waals surface area contributed by atoms with E-state index in [0.29, 0.717) is 6.04 Å². The third-order valence-corrected chi connectivity index (χ3v) is 6.89. The summed E-state index contributed by atoms with van der Waals surface area (Å²) in [7, 11) is 0. The number of anilines is 1. The molecule has 28 heavy (non-hydrogen) atoms. The second kappa shape index (κ2) is 9.10. The minimum atomic E-state index is -0.244. The zero-order valence-electron chi connectivity index (χ0n) is 16.1. The van der Waals surface area contributed by atoms with Gasteiger partial charge in [0.25, 0.3) is 0 Å². The maximum atomic E-state index is 13.2. The number of hydrogen-bond donors (Lipinski definition) is 1. The predicted molar refractivity (Wildman–Crippen MR) is 115 cm³/mol. The zero-order chi connectivity index (χ0) is 19.3. The minimum absolute atomic E-state index is 0.0535. The first-order chi connectivity index (χ1) is 13.7. The Morgan fingerprint density at radius 2 is 1.82 bits per heavy atom. The molecular weight excluding hydrogens is 371 g/mol. The average Bonchev–Trinajstić information content (AvgIpc) is 2.75. The lowest BCUT2D eigenvalue weighted by atomic mass is 9.94. The number of carbonyl (C=O) groups excluding carboxylic acids is 1. The molecule has 2 heterocycles. The Balaban J connectivity index is 1.40. The summed E-state index contributed by atoms with van der Waals surface area (Å²) in [5, 5.41) is 3.11. The van der Waals surface area contributed by atoms with Crippen LogP contribution in [0.5, 0.6) is 0 Å². The van der Waals surface area contributed by atoms with Crippen LogP contribution >= 0.6 is 11.8 Å². The van der Waals surface area contributed by atoms with Gasteiger partial charge < -0.3 is 5.32 Å². The van der Waals surface area contributed by atoms with Crippen LogP contribution < -0.4 is 5.32 Å². The van der Waals surface area contributed by atoms with Crippen molar-refractivity contribution >= 4 is 23.4 Å². The fraction of sp³-hybridized carbons (Fsp3) is 0.435. The van der Waals surface area contributed by atoms with Gasteiger partial charge in [0, 0.05) is 18.3 Å². The fourth-order valence-corrected chi connectivity index (χ4v) is 5.35. The Hall–Kier alpha value is -1.85. The number of piperidine rings is 1. The van der Waals surface area contributed by atoms with Crippen LogP contribution in [-0.2, 0) is 4.79 Å². The third kappa shape index (κ3) is 4.76. The normalized spacial score (nSPS) is 21.4. The summed E-state index contributed by atoms with van der Waals surface area (Å²) in [4.78, 5) is 15.4. The maximum Gasteiger partial charge on any atom is 0.228 e. The predicted octanol–water partition coefficient (Wildman–Crippen LogP) is 5.04. The molecule has 2 aliphatic rings. The maximum absolute atomic E-state index is 13.2. The molecule has 2 saturated heterocycles. The van der Waals surface area contributed by atoms with Crippen LogP contribution in [0.3, 0.4) is 0 Å². The van der Waals surface area contributed by atoms with Crippen LogP contribution in [-0.4, -0.2) is 41.4 Å². The number of thioether (sulfide) groups is 1. The molecule has 0 spiro atoms. The van der Waals surface area contributed by atoms with Crippen molar-refractivity contribution in [3.8, 4) is 11.1 Å². The van der Waals surface area contributed by atoms with E-state index < -0.39 is 0 Å². The molecule has 0 saturated carbocycles. The largest absolute Gasteiger partial charge is 0.326 e. The topological polar surface area (TPSA) is 32.3 Å². The molecule has 2 fully saturated rings. The molecule has 1 atom stereocenters. The van der Waals surface area contributed by atoms with Crippen molar-refractivity contribution in [3.63, 3.8) is 0 Å². The van der Waals surface area contributed by atoms with Gasteiger partial charge in [-0.15, -0.1) is 0 Å². The van der Waals surface area contributed by atoms with Gasteiger partial charge in [-0.2, -0.15) is 11.8 Å². The molecule has 2 aromatic carbocycles. The van der Waals surface area contributed by atoms with Crippen LogP contribution in [0.4, 0.5) is 10.1 Å². The highest BCUT2D eigenvalue weighted by Gasteiger charge is 2.30. The quantitative estimate of drug-likeness (QED) is 0.783. The van der Waals surface area contributed by atoms with Gasteiger partial charge in [0.05, 0.1) is 5.92 Å². The highest BCUT2D eigenvalue weighted by atomic mass is 32.2. The van der Waals surface area contributed by atoms with Crippen molar-refractivity contribution in [1.29, 1.82) is 0 Å². The lowest BCUT2D eigenvalue weighted by Gasteiger charge is -2.39. The van der Waals surface area contributed by atoms with Gasteiger partial charge in [-0.3, -0.25) is 9.69 Å². The van der Waals surface area contributed by atoms with Crippen molar-refractivity contribution in [1.82, 2.24) is 4.90 Å². The molecule has 1 amide bonds. The Bertz CT molecular complexity index is 805. The Kier molecular flexibility index (Phi) is 6.33. The number of nitrogens with zero attached hydrogens (tertiary/aromatic N) is 1. The number of amides is 1. The fourth-order valence-electron chi connectivity index (χ4n) is 4.27. The van der Waals surface area contributed by atoms with Gasteiger partial charge in [0.2, 0.25) is 5.91 Å². The molecule has 1 N–H and O–H groups in total. The lowest BCUT2D eigenvalue weighted by Crippen LogP contribution is -2.47. The molecule has 2 aliphatic heterocycles. The summed E-state index contributed by atoms with van der Waals surface area (Å²) in [6.45, 7) is 2.00. The van der Waals surface area contributed by atoms with Crippen molar-refractivity contribution in [3.05, 3.63) is 54.3 Å². The molecular formula is C23H27FN2OS. The highest BCUT2D eigenvalue weighted by molar-refractivity contribution is 7.99. The monoisotopic (exact) mass is 398 g/mol. The van der Waals surface area contributed by atoms with Crippen molar-refractivity contribution < 1.29 is 9.18 Å². The van der Waals surface area contributed by atoms with Crippen LogP contribution in [0.1, 0.15) is 25.7 Å². The minimum Gasteiger partial charge on any atom is -0.326 e. The number of nitrogens with one attached hydrogen (secondary N) is 1. The van der Waals surface area contributed by atoms with Gasteiger partial charge >= 0.3 is 0 Å². The first-order valence-electron chi connectivity index (χ1n) is 10.2. The van der Waals surface area contributed by atoms with Crippen LogP contribution in [0, 0.1) is 11.7 Å². The van der Waals surface area contributed by atoms with E-state index in [2.05, 4.69) is 10.2 Å². The van der Waals surface area contributed by atoms with E-state index in [4.69, 9.17) is 0 Å². The second-order valence-corrected chi connectivity index (χ2v) is 8.98. The smallest absolute Gasteiger partial charge is 0.228 e. The van der Waals surface area contributed by atoms with E-state index in [1.54, 1.807) is 12.1 Å². The SMILES string of the molecule is O=C(Nc1cccc(-c2ccc(F)cc2)c1)C1CCCN(C2CCSCC2)C1. The molecule has 5 heteroatoms. The average molecular weight is 399 g/mol. The number of benzene rings is 2. The van der Waals surface area contributed by atoms with Gasteiger partial charge in [-0.25, -0.2) is 4.39 Å². The van der Waals surface area contributed by atoms with Crippen molar-refractivity contribution in [2.45, 2.75) is 31.7 Å². The molecule has 3 nitrogen and oxygen atoms in total. The van der Waals surface area contributed by atoms with Gasteiger partial charge in [0.1, 0.15) is 5.82 Å². The van der Waals surface area contributed by atoms with Crippen LogP contribution in [0.25, 0.3) is 11.1 Å². The van der Waals surface area contributed by atoms with Gasteiger partial charge in [-0.05, 0) is 79.1 Å². The zero-order valence-corrected chi connectivity index (χ0v) is 16.9. The lowest BCUT2D eigenvalue weighted by molar-refractivity contribution is -0.121. The third-order valence-electron chi connectivity index (χ3n) is 5.84. The summed E-state index contributed by atoms with van der Waals surface area (Å²) in [6, 6.07) is 14.9. The molecule has 1 unspecified atom stereocenters. The Morgan fingerprint density at radius 1 is 1.04 bits per heavy atom. The molecule has 0 radical (unpaired) electrons. The summed E-state index contributed by atoms with van der Waals surface area (Å²) in [6.07, 6.45) is 4.55. The molecule has 0 bridgehead atoms. The molecule has 0 aliphatic carbocycles. The first kappa shape index (κ1) is 19.5. The van der Waals surface area contributed by atoms with E-state index >= 15 is 0 Å². The highest BCUT2D eigenvalue weighted by Crippen LogP contribution is 2.28. The summed E-state index contributed by atoms with van der Waals surface area (Å²) >= 11 is 2.05. The summed E-state index contributed by atoms with van der Waals surface area (Å²) in [5.41, 5.74) is 2.72. The molecule has 2 aromatic rings. The van der Waals surface area contributed by atoms with Gasteiger partial charge in [-0.1, -0.05) is 24.3 Å². The van der Waals surface area contributed by atoms with Crippen LogP contribution in [0.15, 0.2) is 48.5 Å². The summed E-state index contributed by atoms with van der Waals surface area (Å²) < 4.78 is 13.2. The van der Waals surface area contributed by atoms with E-state index in [0.717, 1.165) is 42.7 Å². The van der Waals surface area contributed by atoms with E-state index in [9.17, 15) is 9.18 Å². The number of hydrogen-bond acceptors (Lipinski definition) is 3. The van der Waals surface area contributed by atoms with Crippen molar-refractivity contribution in [2.75, 3.05) is 29.9 Å². The second-order valence-electron chi connectivity index (χ2n) is 7.75. The van der Waals surface area contributed by atoms with Crippen molar-refractivity contribution in [2.24, 2.45) is 5.92 Å². The summed E-state index contributed by atoms with van der Waals surface area (Å²) in [5.74, 6) is 2.41. The number of halogens is 1. The van der Waals surface area contributed by atoms with E-state index in [1.165, 1.54) is 36.5 Å². The van der Waals surface area contributed by atoms with E-state index in [1.807, 2.05) is 36.0 Å². The van der Waals surface area contributed by atoms with Crippen LogP contribution in [0.2, 0.25) is 0 Å².